The summed E-state index contributed by atoms with van der Waals surface area (Å²) < 4.78 is 5.06. The predicted molar refractivity (Wildman–Crippen MR) is 60.2 cm³/mol. The number of unbranched alkanes of at least 4 members (excludes halogenated alkanes) is 1. The van der Waals surface area contributed by atoms with Crippen molar-refractivity contribution in [1.82, 2.24) is 0 Å². The first-order valence-electron chi connectivity index (χ1n) is 5.15. The number of hydrogen-bond acceptors (Lipinski definition) is 3. The molecule has 3 nitrogen and oxygen atoms in total. The van der Waals surface area contributed by atoms with Crippen molar-refractivity contribution in [3.63, 3.8) is 0 Å². The van der Waals surface area contributed by atoms with Crippen LogP contribution in [0.25, 0.3) is 0 Å². The van der Waals surface area contributed by atoms with Gasteiger partial charge in [-0.3, -0.25) is 4.79 Å². The van der Waals surface area contributed by atoms with Gasteiger partial charge in [-0.05, 0) is 31.5 Å². The normalized spacial score (nSPS) is 10.0. The summed E-state index contributed by atoms with van der Waals surface area (Å²) in [4.78, 5) is 11.7. The van der Waals surface area contributed by atoms with Gasteiger partial charge in [0.25, 0.3) is 0 Å². The molecule has 1 aromatic carbocycles. The molecule has 0 unspecified atom stereocenters. The van der Waals surface area contributed by atoms with Gasteiger partial charge in [-0.2, -0.15) is 0 Å². The maximum Gasteiger partial charge on any atom is 0.163 e. The van der Waals surface area contributed by atoms with Crippen molar-refractivity contribution in [1.29, 1.82) is 0 Å². The van der Waals surface area contributed by atoms with Crippen molar-refractivity contribution >= 4 is 5.78 Å². The summed E-state index contributed by atoms with van der Waals surface area (Å²) in [5.74, 6) is 0.877. The van der Waals surface area contributed by atoms with E-state index in [1.807, 2.05) is 18.2 Å². The predicted octanol–water partition coefficient (Wildman–Crippen LogP) is 2.01. The zero-order chi connectivity index (χ0) is 11.1. The minimum atomic E-state index is 0.155. The molecule has 0 saturated carbocycles. The maximum atomic E-state index is 11.7. The van der Waals surface area contributed by atoms with Crippen LogP contribution in [0.3, 0.4) is 0 Å². The molecule has 0 heterocycles. The minimum Gasteiger partial charge on any atom is -0.497 e. The van der Waals surface area contributed by atoms with Crippen LogP contribution in [-0.4, -0.2) is 19.4 Å². The highest BCUT2D eigenvalue weighted by molar-refractivity contribution is 5.96. The molecule has 3 heteroatoms. The number of ether oxygens (including phenoxy) is 1. The third kappa shape index (κ3) is 3.72. The molecule has 2 N–H and O–H groups in total. The molecule has 0 amide bonds. The van der Waals surface area contributed by atoms with E-state index in [4.69, 9.17) is 10.5 Å². The molecule has 0 spiro atoms. The molecule has 1 rings (SSSR count). The van der Waals surface area contributed by atoms with Crippen molar-refractivity contribution in [3.8, 4) is 5.75 Å². The minimum absolute atomic E-state index is 0.155. The van der Waals surface area contributed by atoms with Crippen LogP contribution in [0.1, 0.15) is 29.6 Å². The summed E-state index contributed by atoms with van der Waals surface area (Å²) in [6, 6.07) is 7.24. The lowest BCUT2D eigenvalue weighted by Gasteiger charge is -2.03. The molecule has 0 radical (unpaired) electrons. The monoisotopic (exact) mass is 207 g/mol. The maximum absolute atomic E-state index is 11.7. The van der Waals surface area contributed by atoms with E-state index in [1.54, 1.807) is 13.2 Å². The fraction of sp³-hybridized carbons (Fsp3) is 0.417. The molecular weight excluding hydrogens is 190 g/mol. The Labute approximate surface area is 90.2 Å². The zero-order valence-corrected chi connectivity index (χ0v) is 9.03. The number of hydrogen-bond donors (Lipinski definition) is 1. The Balaban J connectivity index is 2.57. The number of benzene rings is 1. The number of carbonyl (C=O) groups excluding carboxylic acids is 1. The second kappa shape index (κ2) is 6.19. The van der Waals surface area contributed by atoms with Gasteiger partial charge in [0.2, 0.25) is 0 Å². The summed E-state index contributed by atoms with van der Waals surface area (Å²) in [6.45, 7) is 0.644. The number of Topliss-reactive ketones (excluding diaryl/α,β-unsaturated/α-hetero) is 1. The fourth-order valence-electron chi connectivity index (χ4n) is 1.37. The van der Waals surface area contributed by atoms with Crippen LogP contribution in [0, 0.1) is 0 Å². The van der Waals surface area contributed by atoms with E-state index in [0.29, 0.717) is 18.5 Å². The first-order valence-corrected chi connectivity index (χ1v) is 5.15. The molecule has 0 aliphatic heterocycles. The molecule has 82 valence electrons. The van der Waals surface area contributed by atoms with Crippen molar-refractivity contribution in [2.45, 2.75) is 19.3 Å². The molecule has 0 bridgehead atoms. The zero-order valence-electron chi connectivity index (χ0n) is 9.03. The molecule has 15 heavy (non-hydrogen) atoms. The van der Waals surface area contributed by atoms with Gasteiger partial charge in [0.05, 0.1) is 7.11 Å². The number of rotatable bonds is 6. The Bertz CT molecular complexity index is 323. The van der Waals surface area contributed by atoms with Crippen LogP contribution < -0.4 is 10.5 Å². The van der Waals surface area contributed by atoms with Gasteiger partial charge in [-0.25, -0.2) is 0 Å². The van der Waals surface area contributed by atoms with Gasteiger partial charge in [-0.15, -0.1) is 0 Å². The molecule has 0 saturated heterocycles. The van der Waals surface area contributed by atoms with E-state index in [0.717, 1.165) is 18.6 Å². The standard InChI is InChI=1S/C12H17NO2/c1-15-11-6-4-5-10(9-11)12(14)7-2-3-8-13/h4-6,9H,2-3,7-8,13H2,1H3. The van der Waals surface area contributed by atoms with E-state index >= 15 is 0 Å². The quantitative estimate of drug-likeness (QED) is 0.573. The molecule has 0 aliphatic carbocycles. The van der Waals surface area contributed by atoms with E-state index in [-0.39, 0.29) is 5.78 Å². The largest absolute Gasteiger partial charge is 0.497 e. The van der Waals surface area contributed by atoms with Gasteiger partial charge in [0.15, 0.2) is 5.78 Å². The van der Waals surface area contributed by atoms with Crippen molar-refractivity contribution < 1.29 is 9.53 Å². The van der Waals surface area contributed by atoms with E-state index in [1.165, 1.54) is 0 Å². The summed E-state index contributed by atoms with van der Waals surface area (Å²) in [7, 11) is 1.60. The van der Waals surface area contributed by atoms with Crippen molar-refractivity contribution in [2.24, 2.45) is 5.73 Å². The highest BCUT2D eigenvalue weighted by atomic mass is 16.5. The Morgan fingerprint density at radius 1 is 1.40 bits per heavy atom. The van der Waals surface area contributed by atoms with Crippen molar-refractivity contribution in [3.05, 3.63) is 29.8 Å². The van der Waals surface area contributed by atoms with Gasteiger partial charge in [-0.1, -0.05) is 12.1 Å². The molecular formula is C12H17NO2. The van der Waals surface area contributed by atoms with Crippen LogP contribution in [0.2, 0.25) is 0 Å². The van der Waals surface area contributed by atoms with Gasteiger partial charge in [0, 0.05) is 12.0 Å². The van der Waals surface area contributed by atoms with E-state index in [2.05, 4.69) is 0 Å². The second-order valence-electron chi connectivity index (χ2n) is 3.40. The highest BCUT2D eigenvalue weighted by Crippen LogP contribution is 2.14. The van der Waals surface area contributed by atoms with Crippen LogP contribution in [0.15, 0.2) is 24.3 Å². The highest BCUT2D eigenvalue weighted by Gasteiger charge is 2.05. The summed E-state index contributed by atoms with van der Waals surface area (Å²) >= 11 is 0. The number of carbonyl (C=O) groups is 1. The average molecular weight is 207 g/mol. The first kappa shape index (κ1) is 11.7. The third-order valence-electron chi connectivity index (χ3n) is 2.25. The van der Waals surface area contributed by atoms with Crippen LogP contribution in [-0.2, 0) is 0 Å². The smallest absolute Gasteiger partial charge is 0.163 e. The van der Waals surface area contributed by atoms with Crippen molar-refractivity contribution in [2.75, 3.05) is 13.7 Å². The number of methoxy groups -OCH3 is 1. The Hall–Kier alpha value is -1.35. The molecule has 0 atom stereocenters. The van der Waals surface area contributed by atoms with E-state index in [9.17, 15) is 4.79 Å². The average Bonchev–Trinajstić information content (AvgIpc) is 2.29. The van der Waals surface area contributed by atoms with E-state index < -0.39 is 0 Å². The lowest BCUT2D eigenvalue weighted by molar-refractivity contribution is 0.0979. The second-order valence-corrected chi connectivity index (χ2v) is 3.40. The van der Waals surface area contributed by atoms with Crippen LogP contribution >= 0.6 is 0 Å². The third-order valence-corrected chi connectivity index (χ3v) is 2.25. The van der Waals surface area contributed by atoms with Gasteiger partial charge in [0.1, 0.15) is 5.75 Å². The van der Waals surface area contributed by atoms with Crippen LogP contribution in [0.5, 0.6) is 5.75 Å². The SMILES string of the molecule is COc1cccc(C(=O)CCCCN)c1. The Morgan fingerprint density at radius 2 is 2.20 bits per heavy atom. The Morgan fingerprint density at radius 3 is 2.87 bits per heavy atom. The number of ketones is 1. The first-order chi connectivity index (χ1) is 7.27. The summed E-state index contributed by atoms with van der Waals surface area (Å²) in [6.07, 6.45) is 2.31. The summed E-state index contributed by atoms with van der Waals surface area (Å²) in [5, 5.41) is 0. The summed E-state index contributed by atoms with van der Waals surface area (Å²) in [5.41, 5.74) is 6.08. The molecule has 0 aromatic heterocycles. The molecule has 0 fully saturated rings. The van der Waals surface area contributed by atoms with Crippen LogP contribution in [0.4, 0.5) is 0 Å². The number of nitrogens with two attached hydrogens (primary N) is 1. The fourth-order valence-corrected chi connectivity index (χ4v) is 1.37. The molecule has 1 aromatic rings. The lowest BCUT2D eigenvalue weighted by Crippen LogP contribution is -2.03. The Kier molecular flexibility index (Phi) is 4.84. The lowest BCUT2D eigenvalue weighted by atomic mass is 10.1. The van der Waals surface area contributed by atoms with Gasteiger partial charge < -0.3 is 10.5 Å². The topological polar surface area (TPSA) is 52.3 Å². The van der Waals surface area contributed by atoms with Gasteiger partial charge >= 0.3 is 0 Å². The molecule has 0 aliphatic rings.